The number of guanidine groups is 1. The number of nitrogens with one attached hydrogen (secondary N) is 2. The van der Waals surface area contributed by atoms with Crippen LogP contribution in [0.15, 0.2) is 59.7 Å². The molecule has 1 saturated heterocycles. The van der Waals surface area contributed by atoms with E-state index >= 15 is 0 Å². The van der Waals surface area contributed by atoms with Crippen LogP contribution in [-0.4, -0.2) is 69.2 Å². The number of aliphatic imine (C=N–C) groups is 1. The molecule has 1 aliphatic rings. The number of sulfonamides is 1. The van der Waals surface area contributed by atoms with Gasteiger partial charge in [0.15, 0.2) is 5.96 Å². The average molecular weight is 417 g/mol. The van der Waals surface area contributed by atoms with Crippen molar-refractivity contribution in [2.75, 3.05) is 50.4 Å². The lowest BCUT2D eigenvalue weighted by molar-refractivity contribution is 0.384. The molecule has 0 unspecified atom stereocenters. The number of nitrogens with zero attached hydrogens (tertiary/aromatic N) is 4. The van der Waals surface area contributed by atoms with Gasteiger partial charge >= 0.3 is 0 Å². The lowest BCUT2D eigenvalue weighted by Crippen LogP contribution is -2.50. The van der Waals surface area contributed by atoms with E-state index in [-0.39, 0.29) is 5.75 Å². The van der Waals surface area contributed by atoms with Gasteiger partial charge in [0, 0.05) is 52.5 Å². The van der Waals surface area contributed by atoms with Crippen molar-refractivity contribution < 1.29 is 8.42 Å². The zero-order chi connectivity index (χ0) is 20.5. The van der Waals surface area contributed by atoms with Gasteiger partial charge in [-0.25, -0.2) is 13.4 Å². The fraction of sp³-hybridized carbons (Fsp3) is 0.400. The van der Waals surface area contributed by atoms with Gasteiger partial charge in [0.05, 0.1) is 5.75 Å². The summed E-state index contributed by atoms with van der Waals surface area (Å²) in [5, 5.41) is 6.27. The zero-order valence-corrected chi connectivity index (χ0v) is 17.5. The van der Waals surface area contributed by atoms with Gasteiger partial charge < -0.3 is 15.5 Å². The molecule has 1 aromatic carbocycles. The molecule has 2 N–H and O–H groups in total. The number of anilines is 1. The number of hydrogen-bond acceptors (Lipinski definition) is 5. The Balaban J connectivity index is 1.42. The average Bonchev–Trinajstić information content (AvgIpc) is 2.77. The maximum Gasteiger partial charge on any atom is 0.215 e. The Bertz CT molecular complexity index is 882. The molecule has 9 heteroatoms. The molecule has 0 saturated carbocycles. The molecule has 1 aromatic heterocycles. The largest absolute Gasteiger partial charge is 0.355 e. The number of benzene rings is 1. The number of piperazine rings is 1. The van der Waals surface area contributed by atoms with E-state index < -0.39 is 10.0 Å². The van der Waals surface area contributed by atoms with Crippen LogP contribution < -0.4 is 15.5 Å². The van der Waals surface area contributed by atoms with Crippen molar-refractivity contribution in [3.05, 3.63) is 60.3 Å². The summed E-state index contributed by atoms with van der Waals surface area (Å²) in [6.45, 7) is 3.16. The molecule has 0 bridgehead atoms. The van der Waals surface area contributed by atoms with Crippen LogP contribution in [0.2, 0.25) is 0 Å². The molecule has 29 heavy (non-hydrogen) atoms. The Morgan fingerprint density at radius 2 is 1.76 bits per heavy atom. The highest BCUT2D eigenvalue weighted by Crippen LogP contribution is 2.14. The van der Waals surface area contributed by atoms with Crippen LogP contribution in [0.1, 0.15) is 5.56 Å². The fourth-order valence-corrected chi connectivity index (χ4v) is 4.50. The van der Waals surface area contributed by atoms with Crippen molar-refractivity contribution in [2.45, 2.75) is 6.54 Å². The van der Waals surface area contributed by atoms with Gasteiger partial charge in [-0.2, -0.15) is 4.31 Å². The van der Waals surface area contributed by atoms with E-state index in [1.165, 1.54) is 0 Å². The monoisotopic (exact) mass is 416 g/mol. The van der Waals surface area contributed by atoms with Crippen molar-refractivity contribution in [3.63, 3.8) is 0 Å². The molecule has 1 fully saturated rings. The Morgan fingerprint density at radius 3 is 2.41 bits per heavy atom. The number of pyridine rings is 1. The van der Waals surface area contributed by atoms with Crippen molar-refractivity contribution in [2.24, 2.45) is 4.99 Å². The smallest absolute Gasteiger partial charge is 0.215 e. The van der Waals surface area contributed by atoms with E-state index in [4.69, 9.17) is 0 Å². The van der Waals surface area contributed by atoms with Crippen molar-refractivity contribution in [3.8, 4) is 0 Å². The lowest BCUT2D eigenvalue weighted by Gasteiger charge is -2.34. The summed E-state index contributed by atoms with van der Waals surface area (Å²) in [5.41, 5.74) is 1.13. The maximum atomic E-state index is 12.7. The summed E-state index contributed by atoms with van der Waals surface area (Å²) in [5.74, 6) is 1.51. The summed E-state index contributed by atoms with van der Waals surface area (Å²) in [6, 6.07) is 15.7. The van der Waals surface area contributed by atoms with Crippen LogP contribution in [0, 0.1) is 0 Å². The second-order valence-corrected chi connectivity index (χ2v) is 8.82. The third-order valence-corrected chi connectivity index (χ3v) is 6.66. The number of aromatic nitrogens is 1. The zero-order valence-electron chi connectivity index (χ0n) is 16.7. The molecule has 156 valence electrons. The van der Waals surface area contributed by atoms with Crippen LogP contribution in [0.3, 0.4) is 0 Å². The molecule has 2 heterocycles. The van der Waals surface area contributed by atoms with Gasteiger partial charge in [-0.3, -0.25) is 4.99 Å². The van der Waals surface area contributed by atoms with E-state index in [1.54, 1.807) is 17.5 Å². The quantitative estimate of drug-likeness (QED) is 0.515. The van der Waals surface area contributed by atoms with Crippen LogP contribution in [-0.2, 0) is 16.6 Å². The summed E-state index contributed by atoms with van der Waals surface area (Å²) in [6.07, 6.45) is 1.75. The normalized spacial score (nSPS) is 15.9. The van der Waals surface area contributed by atoms with Gasteiger partial charge in [0.2, 0.25) is 10.0 Å². The summed E-state index contributed by atoms with van der Waals surface area (Å²) in [7, 11) is -1.65. The highest BCUT2D eigenvalue weighted by Gasteiger charge is 2.27. The molecule has 0 radical (unpaired) electrons. The molecule has 0 spiro atoms. The van der Waals surface area contributed by atoms with Crippen LogP contribution >= 0.6 is 0 Å². The lowest BCUT2D eigenvalue weighted by atomic mass is 10.2. The minimum atomic E-state index is -3.32. The van der Waals surface area contributed by atoms with Crippen LogP contribution in [0.25, 0.3) is 0 Å². The Kier molecular flexibility index (Phi) is 7.42. The van der Waals surface area contributed by atoms with E-state index in [0.29, 0.717) is 45.2 Å². The van der Waals surface area contributed by atoms with E-state index in [2.05, 4.69) is 25.5 Å². The first-order valence-corrected chi connectivity index (χ1v) is 11.3. The van der Waals surface area contributed by atoms with Gasteiger partial charge in [-0.1, -0.05) is 36.4 Å². The SMILES string of the molecule is CN=C(NCCS(=O)(=O)N1CCN(c2ccccn2)CC1)NCc1ccccc1. The van der Waals surface area contributed by atoms with Gasteiger partial charge in [-0.05, 0) is 17.7 Å². The third kappa shape index (κ3) is 6.16. The third-order valence-electron chi connectivity index (χ3n) is 4.78. The summed E-state index contributed by atoms with van der Waals surface area (Å²) < 4.78 is 26.9. The van der Waals surface area contributed by atoms with Gasteiger partial charge in [0.1, 0.15) is 5.82 Å². The molecular weight excluding hydrogens is 388 g/mol. The molecule has 3 rings (SSSR count). The highest BCUT2D eigenvalue weighted by molar-refractivity contribution is 7.89. The van der Waals surface area contributed by atoms with Crippen LogP contribution in [0.4, 0.5) is 5.82 Å². The molecular formula is C20H28N6O2S. The first-order chi connectivity index (χ1) is 14.1. The standard InChI is InChI=1S/C20H28N6O2S/c1-21-20(24-17-18-7-3-2-4-8-18)23-11-16-29(27,28)26-14-12-25(13-15-26)19-9-5-6-10-22-19/h2-10H,11-17H2,1H3,(H2,21,23,24). The Labute approximate surface area is 172 Å². The molecule has 0 aliphatic carbocycles. The fourth-order valence-electron chi connectivity index (χ4n) is 3.17. The Morgan fingerprint density at radius 1 is 1.03 bits per heavy atom. The predicted octanol–water partition coefficient (Wildman–Crippen LogP) is 0.899. The maximum absolute atomic E-state index is 12.7. The minimum absolute atomic E-state index is 0.0304. The predicted molar refractivity (Wildman–Crippen MR) is 116 cm³/mol. The second kappa shape index (κ2) is 10.2. The Hall–Kier alpha value is -2.65. The second-order valence-electron chi connectivity index (χ2n) is 6.73. The van der Waals surface area contributed by atoms with E-state index in [9.17, 15) is 8.42 Å². The van der Waals surface area contributed by atoms with E-state index in [0.717, 1.165) is 11.4 Å². The molecule has 0 amide bonds. The molecule has 0 atom stereocenters. The van der Waals surface area contributed by atoms with E-state index in [1.807, 2.05) is 48.5 Å². The van der Waals surface area contributed by atoms with Gasteiger partial charge in [0.25, 0.3) is 0 Å². The number of rotatable bonds is 7. The molecule has 2 aromatic rings. The first-order valence-electron chi connectivity index (χ1n) is 9.71. The van der Waals surface area contributed by atoms with Crippen molar-refractivity contribution in [1.29, 1.82) is 0 Å². The van der Waals surface area contributed by atoms with Crippen LogP contribution in [0.5, 0.6) is 0 Å². The molecule has 1 aliphatic heterocycles. The van der Waals surface area contributed by atoms with Crippen molar-refractivity contribution in [1.82, 2.24) is 19.9 Å². The summed E-state index contributed by atoms with van der Waals surface area (Å²) >= 11 is 0. The first kappa shape index (κ1) is 21.1. The summed E-state index contributed by atoms with van der Waals surface area (Å²) in [4.78, 5) is 10.6. The van der Waals surface area contributed by atoms with Crippen molar-refractivity contribution >= 4 is 21.8 Å². The molecule has 8 nitrogen and oxygen atoms in total. The minimum Gasteiger partial charge on any atom is -0.355 e. The topological polar surface area (TPSA) is 89.9 Å². The highest BCUT2D eigenvalue weighted by atomic mass is 32.2. The number of hydrogen-bond donors (Lipinski definition) is 2. The van der Waals surface area contributed by atoms with Gasteiger partial charge in [-0.15, -0.1) is 0 Å².